The van der Waals surface area contributed by atoms with Crippen molar-refractivity contribution in [3.63, 3.8) is 0 Å². The van der Waals surface area contributed by atoms with Crippen molar-refractivity contribution in [2.75, 3.05) is 0 Å². The molecule has 2 rings (SSSR count). The van der Waals surface area contributed by atoms with Crippen LogP contribution in [-0.4, -0.2) is 10.1 Å². The minimum absolute atomic E-state index is 0.108. The summed E-state index contributed by atoms with van der Waals surface area (Å²) in [6.45, 7) is 4.26. The molecule has 2 aromatic rings. The quantitative estimate of drug-likeness (QED) is 0.873. The van der Waals surface area contributed by atoms with Crippen LogP contribution in [0.15, 0.2) is 27.2 Å². The second-order valence-electron chi connectivity index (χ2n) is 4.61. The summed E-state index contributed by atoms with van der Waals surface area (Å²) < 4.78 is 11.8. The SMILES string of the molecule is CCCc1nc(COc2ccc(Br)cc2[C@H](C)N)no1. The molecule has 0 aliphatic rings. The topological polar surface area (TPSA) is 74.2 Å². The van der Waals surface area contributed by atoms with Gasteiger partial charge in [0.15, 0.2) is 6.61 Å². The molecule has 0 fully saturated rings. The number of hydrogen-bond acceptors (Lipinski definition) is 5. The van der Waals surface area contributed by atoms with Gasteiger partial charge < -0.3 is 15.0 Å². The van der Waals surface area contributed by atoms with Crippen LogP contribution in [0, 0.1) is 0 Å². The van der Waals surface area contributed by atoms with Crippen molar-refractivity contribution in [3.8, 4) is 5.75 Å². The van der Waals surface area contributed by atoms with Gasteiger partial charge in [0.25, 0.3) is 0 Å². The Morgan fingerprint density at radius 3 is 2.95 bits per heavy atom. The van der Waals surface area contributed by atoms with Gasteiger partial charge in [-0.2, -0.15) is 4.98 Å². The summed E-state index contributed by atoms with van der Waals surface area (Å²) in [6, 6.07) is 5.65. The van der Waals surface area contributed by atoms with Gasteiger partial charge in [0.2, 0.25) is 11.7 Å². The number of benzene rings is 1. The molecule has 0 unspecified atom stereocenters. The average Bonchev–Trinajstić information content (AvgIpc) is 2.85. The van der Waals surface area contributed by atoms with E-state index in [2.05, 4.69) is 33.0 Å². The van der Waals surface area contributed by atoms with Gasteiger partial charge >= 0.3 is 0 Å². The Hall–Kier alpha value is -1.40. The molecule has 20 heavy (non-hydrogen) atoms. The van der Waals surface area contributed by atoms with E-state index in [9.17, 15) is 0 Å². The molecule has 1 atom stereocenters. The molecule has 0 radical (unpaired) electrons. The fourth-order valence-corrected chi connectivity index (χ4v) is 2.19. The summed E-state index contributed by atoms with van der Waals surface area (Å²) in [5, 5.41) is 3.89. The first-order valence-electron chi connectivity index (χ1n) is 6.59. The molecule has 0 bridgehead atoms. The standard InChI is InChI=1S/C14H18BrN3O2/c1-3-4-14-17-13(18-20-14)8-19-12-6-5-10(15)7-11(12)9(2)16/h5-7,9H,3-4,8,16H2,1-2H3/t9-/m0/s1. The van der Waals surface area contributed by atoms with Gasteiger partial charge in [0.1, 0.15) is 5.75 Å². The Morgan fingerprint density at radius 1 is 1.45 bits per heavy atom. The zero-order valence-electron chi connectivity index (χ0n) is 11.6. The Morgan fingerprint density at radius 2 is 2.25 bits per heavy atom. The molecule has 1 aromatic heterocycles. The van der Waals surface area contributed by atoms with E-state index in [0.29, 0.717) is 11.7 Å². The zero-order valence-corrected chi connectivity index (χ0v) is 13.2. The van der Waals surface area contributed by atoms with Crippen molar-refractivity contribution in [2.45, 2.75) is 39.3 Å². The fourth-order valence-electron chi connectivity index (χ4n) is 1.81. The van der Waals surface area contributed by atoms with E-state index in [1.807, 2.05) is 25.1 Å². The summed E-state index contributed by atoms with van der Waals surface area (Å²) in [4.78, 5) is 4.26. The molecule has 0 saturated carbocycles. The lowest BCUT2D eigenvalue weighted by Gasteiger charge is -2.13. The van der Waals surface area contributed by atoms with Gasteiger partial charge in [0.05, 0.1) is 0 Å². The van der Waals surface area contributed by atoms with Crippen molar-refractivity contribution < 1.29 is 9.26 Å². The van der Waals surface area contributed by atoms with Crippen LogP contribution in [0.5, 0.6) is 5.75 Å². The Bertz CT molecular complexity index is 569. The number of aryl methyl sites for hydroxylation is 1. The number of rotatable bonds is 6. The predicted molar refractivity (Wildman–Crippen MR) is 79.4 cm³/mol. The van der Waals surface area contributed by atoms with Crippen molar-refractivity contribution >= 4 is 15.9 Å². The maximum atomic E-state index is 5.95. The Kier molecular flexibility index (Phi) is 5.14. The molecule has 0 aliphatic carbocycles. The van der Waals surface area contributed by atoms with Crippen LogP contribution in [0.25, 0.3) is 0 Å². The first-order valence-corrected chi connectivity index (χ1v) is 7.38. The third kappa shape index (κ3) is 3.80. The van der Waals surface area contributed by atoms with Gasteiger partial charge in [-0.05, 0) is 31.5 Å². The van der Waals surface area contributed by atoms with E-state index in [1.165, 1.54) is 0 Å². The number of aromatic nitrogens is 2. The van der Waals surface area contributed by atoms with Crippen molar-refractivity contribution in [3.05, 3.63) is 40.0 Å². The Labute approximate surface area is 126 Å². The summed E-state index contributed by atoms with van der Waals surface area (Å²) in [6.07, 6.45) is 1.76. The smallest absolute Gasteiger partial charge is 0.226 e. The third-order valence-corrected chi connectivity index (χ3v) is 3.29. The molecule has 5 nitrogen and oxygen atoms in total. The fraction of sp³-hybridized carbons (Fsp3) is 0.429. The monoisotopic (exact) mass is 339 g/mol. The van der Waals surface area contributed by atoms with Gasteiger partial charge in [0, 0.05) is 22.5 Å². The van der Waals surface area contributed by atoms with E-state index < -0.39 is 0 Å². The van der Waals surface area contributed by atoms with Crippen LogP contribution in [0.2, 0.25) is 0 Å². The molecule has 0 aliphatic heterocycles. The van der Waals surface area contributed by atoms with Crippen LogP contribution in [0.3, 0.4) is 0 Å². The maximum Gasteiger partial charge on any atom is 0.226 e. The lowest BCUT2D eigenvalue weighted by Crippen LogP contribution is -2.08. The molecule has 1 aromatic carbocycles. The van der Waals surface area contributed by atoms with Gasteiger partial charge in [-0.1, -0.05) is 28.0 Å². The maximum absolute atomic E-state index is 5.95. The van der Waals surface area contributed by atoms with Crippen LogP contribution < -0.4 is 10.5 Å². The van der Waals surface area contributed by atoms with Crippen molar-refractivity contribution in [1.29, 1.82) is 0 Å². The highest BCUT2D eigenvalue weighted by molar-refractivity contribution is 9.10. The molecule has 2 N–H and O–H groups in total. The highest BCUT2D eigenvalue weighted by atomic mass is 79.9. The largest absolute Gasteiger partial charge is 0.485 e. The molecule has 6 heteroatoms. The number of nitrogens with zero attached hydrogens (tertiary/aromatic N) is 2. The first-order chi connectivity index (χ1) is 9.60. The van der Waals surface area contributed by atoms with Crippen LogP contribution in [0.4, 0.5) is 0 Å². The van der Waals surface area contributed by atoms with E-state index >= 15 is 0 Å². The number of nitrogens with two attached hydrogens (primary N) is 1. The van der Waals surface area contributed by atoms with Crippen molar-refractivity contribution in [1.82, 2.24) is 10.1 Å². The second kappa shape index (κ2) is 6.85. The second-order valence-corrected chi connectivity index (χ2v) is 5.53. The highest BCUT2D eigenvalue weighted by Crippen LogP contribution is 2.27. The number of hydrogen-bond donors (Lipinski definition) is 1. The van der Waals surface area contributed by atoms with E-state index in [1.54, 1.807) is 0 Å². The molecular weight excluding hydrogens is 322 g/mol. The lowest BCUT2D eigenvalue weighted by molar-refractivity contribution is 0.281. The highest BCUT2D eigenvalue weighted by Gasteiger charge is 2.11. The van der Waals surface area contributed by atoms with E-state index in [4.69, 9.17) is 15.0 Å². The Balaban J connectivity index is 2.06. The lowest BCUT2D eigenvalue weighted by atomic mass is 10.1. The van der Waals surface area contributed by atoms with Crippen LogP contribution in [0.1, 0.15) is 43.6 Å². The summed E-state index contributed by atoms with van der Waals surface area (Å²) >= 11 is 3.43. The minimum atomic E-state index is -0.108. The third-order valence-electron chi connectivity index (χ3n) is 2.79. The number of halogens is 1. The number of ether oxygens (including phenoxy) is 1. The summed E-state index contributed by atoms with van der Waals surface area (Å²) in [5.74, 6) is 1.94. The molecule has 0 spiro atoms. The predicted octanol–water partition coefficient (Wildman–Crippen LogP) is 3.38. The molecule has 0 saturated heterocycles. The normalized spacial score (nSPS) is 12.4. The van der Waals surface area contributed by atoms with Gasteiger partial charge in [-0.25, -0.2) is 0 Å². The minimum Gasteiger partial charge on any atom is -0.485 e. The van der Waals surface area contributed by atoms with Crippen LogP contribution >= 0.6 is 15.9 Å². The van der Waals surface area contributed by atoms with E-state index in [-0.39, 0.29) is 12.6 Å². The summed E-state index contributed by atoms with van der Waals surface area (Å²) in [5.41, 5.74) is 6.89. The zero-order chi connectivity index (χ0) is 14.5. The first kappa shape index (κ1) is 15.0. The van der Waals surface area contributed by atoms with Crippen molar-refractivity contribution in [2.24, 2.45) is 5.73 Å². The average molecular weight is 340 g/mol. The van der Waals surface area contributed by atoms with Gasteiger partial charge in [-0.3, -0.25) is 0 Å². The van der Waals surface area contributed by atoms with Crippen LogP contribution in [-0.2, 0) is 13.0 Å². The molecule has 0 amide bonds. The summed E-state index contributed by atoms with van der Waals surface area (Å²) in [7, 11) is 0. The molecule has 1 heterocycles. The van der Waals surface area contributed by atoms with E-state index in [0.717, 1.165) is 28.6 Å². The molecular formula is C14H18BrN3O2. The van der Waals surface area contributed by atoms with Gasteiger partial charge in [-0.15, -0.1) is 0 Å². The molecule has 108 valence electrons.